The van der Waals surface area contributed by atoms with Gasteiger partial charge in [-0.15, -0.1) is 0 Å². The Labute approximate surface area is 168 Å². The fourth-order valence-electron chi connectivity index (χ4n) is 3.83. The molecule has 0 bridgehead atoms. The lowest BCUT2D eigenvalue weighted by atomic mass is 9.95. The first-order chi connectivity index (χ1) is 14.0. The Bertz CT molecular complexity index is 1100. The molecule has 2 N–H and O–H groups in total. The smallest absolute Gasteiger partial charge is 0.248 e. The maximum Gasteiger partial charge on any atom is 0.248 e. The normalized spacial score (nSPS) is 20.1. The number of nitriles is 1. The number of benzene rings is 2. The zero-order chi connectivity index (χ0) is 20.4. The van der Waals surface area contributed by atoms with Crippen LogP contribution in [0.5, 0.6) is 5.75 Å². The summed E-state index contributed by atoms with van der Waals surface area (Å²) < 4.78 is 5.97. The van der Waals surface area contributed by atoms with Crippen molar-refractivity contribution in [3.8, 4) is 11.8 Å². The van der Waals surface area contributed by atoms with Gasteiger partial charge in [0.05, 0.1) is 22.9 Å². The van der Waals surface area contributed by atoms with Crippen LogP contribution < -0.4 is 10.2 Å². The summed E-state index contributed by atoms with van der Waals surface area (Å²) in [7, 11) is 0. The van der Waals surface area contributed by atoms with Crippen molar-refractivity contribution in [2.75, 3.05) is 0 Å². The second-order valence-electron chi connectivity index (χ2n) is 7.55. The van der Waals surface area contributed by atoms with Crippen molar-refractivity contribution in [1.29, 1.82) is 5.26 Å². The molecule has 1 heterocycles. The van der Waals surface area contributed by atoms with Crippen LogP contribution in [-0.2, 0) is 17.8 Å². The Morgan fingerprint density at radius 2 is 2.07 bits per heavy atom. The first kappa shape index (κ1) is 18.9. The van der Waals surface area contributed by atoms with Crippen molar-refractivity contribution < 1.29 is 14.7 Å². The molecule has 0 unspecified atom stereocenters. The summed E-state index contributed by atoms with van der Waals surface area (Å²) in [5.41, 5.74) is 4.85. The molecule has 0 aliphatic heterocycles. The topological polar surface area (TPSA) is 95.2 Å². The summed E-state index contributed by atoms with van der Waals surface area (Å²) in [6.45, 7) is 2.40. The highest BCUT2D eigenvalue weighted by Gasteiger charge is 2.58. The standard InChI is InChI=1S/C23H21N3O3/c1-15-10-17(19-4-2-3-5-21(19)25-15)13-29-18-8-6-16(7-9-18)11-23(14-24)12-20(23)22(27)26-28/h2-10,20,28H,11-13H2,1H3,(H,26,27)/t20-,23-/m1/s1. The number of aromatic nitrogens is 1. The van der Waals surface area contributed by atoms with E-state index in [0.29, 0.717) is 19.4 Å². The van der Waals surface area contributed by atoms with E-state index in [2.05, 4.69) is 11.1 Å². The number of pyridine rings is 1. The second-order valence-corrected chi connectivity index (χ2v) is 7.55. The van der Waals surface area contributed by atoms with E-state index in [0.717, 1.165) is 33.5 Å². The molecular weight excluding hydrogens is 366 g/mol. The van der Waals surface area contributed by atoms with Gasteiger partial charge >= 0.3 is 0 Å². The minimum Gasteiger partial charge on any atom is -0.489 e. The maximum absolute atomic E-state index is 11.6. The first-order valence-corrected chi connectivity index (χ1v) is 9.47. The Morgan fingerprint density at radius 3 is 2.79 bits per heavy atom. The summed E-state index contributed by atoms with van der Waals surface area (Å²) >= 11 is 0. The highest BCUT2D eigenvalue weighted by molar-refractivity contribution is 5.83. The monoisotopic (exact) mass is 387 g/mol. The number of hydrogen-bond acceptors (Lipinski definition) is 5. The van der Waals surface area contributed by atoms with Crippen molar-refractivity contribution in [2.24, 2.45) is 11.3 Å². The van der Waals surface area contributed by atoms with Crippen LogP contribution in [-0.4, -0.2) is 16.1 Å². The number of amides is 1. The molecule has 0 spiro atoms. The Kier molecular flexibility index (Phi) is 4.91. The molecule has 1 aliphatic carbocycles. The molecular formula is C23H21N3O3. The lowest BCUT2D eigenvalue weighted by Crippen LogP contribution is -2.24. The molecule has 6 nitrogen and oxygen atoms in total. The van der Waals surface area contributed by atoms with Crippen LogP contribution in [0.15, 0.2) is 54.6 Å². The molecule has 2 atom stereocenters. The molecule has 1 aromatic heterocycles. The van der Waals surface area contributed by atoms with Gasteiger partial charge in [-0.25, -0.2) is 5.48 Å². The predicted octanol–water partition coefficient (Wildman–Crippen LogP) is 3.70. The predicted molar refractivity (Wildman–Crippen MR) is 107 cm³/mol. The third kappa shape index (κ3) is 3.78. The van der Waals surface area contributed by atoms with Gasteiger partial charge in [0.25, 0.3) is 0 Å². The number of aryl methyl sites for hydroxylation is 1. The van der Waals surface area contributed by atoms with Crippen LogP contribution in [0.2, 0.25) is 0 Å². The van der Waals surface area contributed by atoms with E-state index in [9.17, 15) is 10.1 Å². The minimum atomic E-state index is -0.733. The molecule has 0 radical (unpaired) electrons. The SMILES string of the molecule is Cc1cc(COc2ccc(C[C@]3(C#N)C[C@@H]3C(=O)NO)cc2)c2ccccc2n1. The number of carbonyl (C=O) groups excluding carboxylic acids is 1. The lowest BCUT2D eigenvalue weighted by Gasteiger charge is -2.12. The maximum atomic E-state index is 11.6. The fraction of sp³-hybridized carbons (Fsp3) is 0.261. The van der Waals surface area contributed by atoms with Crippen LogP contribution in [0.3, 0.4) is 0 Å². The first-order valence-electron chi connectivity index (χ1n) is 9.47. The average Bonchev–Trinajstić information content (AvgIpc) is 3.46. The zero-order valence-corrected chi connectivity index (χ0v) is 16.1. The summed E-state index contributed by atoms with van der Waals surface area (Å²) in [6, 6.07) is 19.9. The number of hydroxylamine groups is 1. The molecule has 1 aliphatic rings. The van der Waals surface area contributed by atoms with E-state index in [1.165, 1.54) is 0 Å². The van der Waals surface area contributed by atoms with Gasteiger partial charge < -0.3 is 4.74 Å². The van der Waals surface area contributed by atoms with E-state index in [1.807, 2.05) is 61.5 Å². The quantitative estimate of drug-likeness (QED) is 0.497. The molecule has 1 amide bonds. The van der Waals surface area contributed by atoms with Gasteiger partial charge in [0.2, 0.25) is 5.91 Å². The number of carbonyl (C=O) groups is 1. The number of nitrogens with zero attached hydrogens (tertiary/aromatic N) is 2. The third-order valence-electron chi connectivity index (χ3n) is 5.49. The van der Waals surface area contributed by atoms with Crippen molar-refractivity contribution in [2.45, 2.75) is 26.4 Å². The third-order valence-corrected chi connectivity index (χ3v) is 5.49. The summed E-state index contributed by atoms with van der Waals surface area (Å²) in [5.74, 6) is -0.221. The van der Waals surface area contributed by atoms with E-state index in [1.54, 1.807) is 5.48 Å². The van der Waals surface area contributed by atoms with Gasteiger partial charge in [0.15, 0.2) is 0 Å². The molecule has 4 rings (SSSR count). The van der Waals surface area contributed by atoms with E-state index in [4.69, 9.17) is 9.94 Å². The number of para-hydroxylation sites is 1. The summed E-state index contributed by atoms with van der Waals surface area (Å²) in [4.78, 5) is 16.1. The molecule has 146 valence electrons. The number of fused-ring (bicyclic) bond motifs is 1. The Balaban J connectivity index is 1.44. The van der Waals surface area contributed by atoms with Crippen LogP contribution in [0.4, 0.5) is 0 Å². The van der Waals surface area contributed by atoms with Crippen LogP contribution >= 0.6 is 0 Å². The molecule has 1 saturated carbocycles. The lowest BCUT2D eigenvalue weighted by molar-refractivity contribution is -0.131. The van der Waals surface area contributed by atoms with E-state index < -0.39 is 17.2 Å². The van der Waals surface area contributed by atoms with Crippen LogP contribution in [0, 0.1) is 29.6 Å². The van der Waals surface area contributed by atoms with Crippen LogP contribution in [0.25, 0.3) is 10.9 Å². The van der Waals surface area contributed by atoms with Crippen molar-refractivity contribution >= 4 is 16.8 Å². The summed E-state index contributed by atoms with van der Waals surface area (Å²) in [5, 5.41) is 19.3. The van der Waals surface area contributed by atoms with Crippen LogP contribution in [0.1, 0.15) is 23.2 Å². The molecule has 3 aromatic rings. The fourth-order valence-corrected chi connectivity index (χ4v) is 3.83. The van der Waals surface area contributed by atoms with Gasteiger partial charge in [0, 0.05) is 16.6 Å². The molecule has 1 fully saturated rings. The van der Waals surface area contributed by atoms with Gasteiger partial charge in [-0.05, 0) is 49.6 Å². The van der Waals surface area contributed by atoms with Crippen molar-refractivity contribution in [3.63, 3.8) is 0 Å². The molecule has 0 saturated heterocycles. The Morgan fingerprint density at radius 1 is 1.31 bits per heavy atom. The molecule has 2 aromatic carbocycles. The zero-order valence-electron chi connectivity index (χ0n) is 16.1. The van der Waals surface area contributed by atoms with Gasteiger partial charge in [-0.1, -0.05) is 30.3 Å². The number of ether oxygens (including phenoxy) is 1. The minimum absolute atomic E-state index is 0.435. The van der Waals surface area contributed by atoms with Gasteiger partial charge in [-0.3, -0.25) is 15.0 Å². The number of rotatable bonds is 6. The number of hydrogen-bond donors (Lipinski definition) is 2. The highest BCUT2D eigenvalue weighted by Crippen LogP contribution is 2.54. The highest BCUT2D eigenvalue weighted by atomic mass is 16.5. The number of nitrogens with one attached hydrogen (secondary N) is 1. The van der Waals surface area contributed by atoms with Gasteiger partial charge in [0.1, 0.15) is 12.4 Å². The summed E-state index contributed by atoms with van der Waals surface area (Å²) in [6.07, 6.45) is 0.929. The van der Waals surface area contributed by atoms with E-state index >= 15 is 0 Å². The van der Waals surface area contributed by atoms with E-state index in [-0.39, 0.29) is 0 Å². The Hall–Kier alpha value is -3.43. The van der Waals surface area contributed by atoms with Crippen molar-refractivity contribution in [3.05, 3.63) is 71.4 Å². The van der Waals surface area contributed by atoms with Crippen molar-refractivity contribution in [1.82, 2.24) is 10.5 Å². The largest absolute Gasteiger partial charge is 0.489 e. The second kappa shape index (κ2) is 7.53. The molecule has 6 heteroatoms. The molecule has 29 heavy (non-hydrogen) atoms. The van der Waals surface area contributed by atoms with Gasteiger partial charge in [-0.2, -0.15) is 5.26 Å². The average molecular weight is 387 g/mol.